The highest BCUT2D eigenvalue weighted by molar-refractivity contribution is 5.97. The van der Waals surface area contributed by atoms with Crippen molar-refractivity contribution < 1.29 is 14.7 Å². The highest BCUT2D eigenvalue weighted by atomic mass is 19.1. The van der Waals surface area contributed by atoms with Crippen LogP contribution in [0.3, 0.4) is 0 Å². The van der Waals surface area contributed by atoms with E-state index in [2.05, 4.69) is 10.5 Å². The van der Waals surface area contributed by atoms with E-state index >= 15 is 0 Å². The number of benzene rings is 1. The fourth-order valence-electron chi connectivity index (χ4n) is 2.33. The van der Waals surface area contributed by atoms with Gasteiger partial charge in [-0.25, -0.2) is 4.39 Å². The molecular formula is C15H24FN3O2. The maximum atomic E-state index is 13.9. The number of rotatable bonds is 7. The van der Waals surface area contributed by atoms with E-state index in [4.69, 9.17) is 10.9 Å². The van der Waals surface area contributed by atoms with E-state index < -0.39 is 11.4 Å². The van der Waals surface area contributed by atoms with Crippen molar-refractivity contribution in [1.29, 1.82) is 0 Å². The molecule has 0 aliphatic carbocycles. The number of nitrogens with zero attached hydrogens (tertiary/aromatic N) is 1. The Labute approximate surface area is 124 Å². The molecule has 0 amide bonds. The monoisotopic (exact) mass is 297 g/mol. The molecule has 1 aromatic carbocycles. The molecule has 118 valence electrons. The number of aliphatic hydroxyl groups is 1. The molecule has 0 aromatic heterocycles. The highest BCUT2D eigenvalue weighted by Crippen LogP contribution is 2.16. The summed E-state index contributed by atoms with van der Waals surface area (Å²) in [7, 11) is 0. The molecule has 1 rings (SSSR count). The molecule has 0 heterocycles. The first-order valence-electron chi connectivity index (χ1n) is 6.94. The quantitative estimate of drug-likeness (QED) is 0.267. The molecule has 0 aliphatic heterocycles. The van der Waals surface area contributed by atoms with Gasteiger partial charge in [-0.3, -0.25) is 0 Å². The summed E-state index contributed by atoms with van der Waals surface area (Å²) in [4.78, 5) is 0. The molecule has 5 nitrogen and oxygen atoms in total. The Kier molecular flexibility index (Phi) is 6.11. The van der Waals surface area contributed by atoms with Crippen LogP contribution in [0.15, 0.2) is 23.4 Å². The maximum absolute atomic E-state index is 13.9. The summed E-state index contributed by atoms with van der Waals surface area (Å²) in [6.07, 6.45) is 0.672. The topological polar surface area (TPSA) is 90.9 Å². The lowest BCUT2D eigenvalue weighted by Crippen LogP contribution is -2.38. The summed E-state index contributed by atoms with van der Waals surface area (Å²) >= 11 is 0. The van der Waals surface area contributed by atoms with Crippen molar-refractivity contribution in [2.75, 3.05) is 6.54 Å². The van der Waals surface area contributed by atoms with Crippen LogP contribution in [0.5, 0.6) is 0 Å². The van der Waals surface area contributed by atoms with E-state index in [1.54, 1.807) is 19.1 Å². The van der Waals surface area contributed by atoms with E-state index in [9.17, 15) is 9.50 Å². The van der Waals surface area contributed by atoms with Gasteiger partial charge in [-0.2, -0.15) is 0 Å². The van der Waals surface area contributed by atoms with Gasteiger partial charge in [0.05, 0.1) is 5.60 Å². The highest BCUT2D eigenvalue weighted by Gasteiger charge is 2.21. The molecule has 0 aliphatic rings. The van der Waals surface area contributed by atoms with Crippen molar-refractivity contribution in [3.8, 4) is 0 Å². The third kappa shape index (κ3) is 5.69. The zero-order valence-corrected chi connectivity index (χ0v) is 12.7. The molecule has 0 fully saturated rings. The molecule has 6 heteroatoms. The zero-order valence-electron chi connectivity index (χ0n) is 12.7. The van der Waals surface area contributed by atoms with Crippen LogP contribution in [0.2, 0.25) is 0 Å². The second-order valence-corrected chi connectivity index (χ2v) is 5.99. The lowest BCUT2D eigenvalue weighted by atomic mass is 9.94. The van der Waals surface area contributed by atoms with Crippen LogP contribution in [0.1, 0.15) is 38.3 Å². The van der Waals surface area contributed by atoms with E-state index in [1.165, 1.54) is 6.07 Å². The standard InChI is InChI=1S/C15H24FN3O2/c1-10(2)7-15(3,20)9-18-8-12-5-4-11(6-13(12)16)14(17)19-21/h4-6,10,18,20-21H,7-9H2,1-3H3,(H2,17,19). The number of halogens is 1. The van der Waals surface area contributed by atoms with Gasteiger partial charge in [0.15, 0.2) is 5.84 Å². The number of nitrogens with one attached hydrogen (secondary N) is 1. The van der Waals surface area contributed by atoms with Gasteiger partial charge in [-0.1, -0.05) is 31.1 Å². The number of amidine groups is 1. The molecule has 0 saturated carbocycles. The van der Waals surface area contributed by atoms with Crippen molar-refractivity contribution in [2.24, 2.45) is 16.8 Å². The number of nitrogens with two attached hydrogens (primary N) is 1. The van der Waals surface area contributed by atoms with Crippen LogP contribution in [-0.4, -0.2) is 28.3 Å². The fraction of sp³-hybridized carbons (Fsp3) is 0.533. The van der Waals surface area contributed by atoms with Gasteiger partial charge in [-0.15, -0.1) is 0 Å². The van der Waals surface area contributed by atoms with Crippen molar-refractivity contribution in [3.05, 3.63) is 35.1 Å². The summed E-state index contributed by atoms with van der Waals surface area (Å²) in [6.45, 7) is 6.53. The molecule has 0 radical (unpaired) electrons. The molecule has 0 saturated heterocycles. The zero-order chi connectivity index (χ0) is 16.0. The van der Waals surface area contributed by atoms with Gasteiger partial charge in [0, 0.05) is 24.2 Å². The van der Waals surface area contributed by atoms with Crippen LogP contribution in [0, 0.1) is 11.7 Å². The van der Waals surface area contributed by atoms with Crippen LogP contribution >= 0.6 is 0 Å². The number of oxime groups is 1. The molecule has 5 N–H and O–H groups in total. The van der Waals surface area contributed by atoms with Gasteiger partial charge in [-0.05, 0) is 25.3 Å². The Morgan fingerprint density at radius 1 is 1.48 bits per heavy atom. The van der Waals surface area contributed by atoms with Crippen LogP contribution in [0.4, 0.5) is 4.39 Å². The lowest BCUT2D eigenvalue weighted by molar-refractivity contribution is 0.0382. The Hall–Kier alpha value is -1.66. The molecule has 1 atom stereocenters. The molecule has 0 spiro atoms. The maximum Gasteiger partial charge on any atom is 0.170 e. The third-order valence-corrected chi connectivity index (χ3v) is 3.13. The van der Waals surface area contributed by atoms with Gasteiger partial charge < -0.3 is 21.4 Å². The summed E-state index contributed by atoms with van der Waals surface area (Å²) in [5, 5.41) is 24.6. The average molecular weight is 297 g/mol. The van der Waals surface area contributed by atoms with Crippen molar-refractivity contribution >= 4 is 5.84 Å². The molecule has 0 bridgehead atoms. The molecular weight excluding hydrogens is 273 g/mol. The first-order chi connectivity index (χ1) is 9.75. The van der Waals surface area contributed by atoms with Gasteiger partial charge in [0.2, 0.25) is 0 Å². The van der Waals surface area contributed by atoms with Crippen molar-refractivity contribution in [1.82, 2.24) is 5.32 Å². The van der Waals surface area contributed by atoms with Gasteiger partial charge >= 0.3 is 0 Å². The minimum atomic E-state index is -0.821. The van der Waals surface area contributed by atoms with E-state index in [1.807, 2.05) is 13.8 Å². The minimum Gasteiger partial charge on any atom is -0.409 e. The summed E-state index contributed by atoms with van der Waals surface area (Å²) in [5.41, 5.74) is 5.37. The normalized spacial score (nSPS) is 15.2. The van der Waals surface area contributed by atoms with Crippen molar-refractivity contribution in [2.45, 2.75) is 39.3 Å². The molecule has 21 heavy (non-hydrogen) atoms. The molecule has 1 unspecified atom stereocenters. The Bertz CT molecular complexity index is 502. The lowest BCUT2D eigenvalue weighted by Gasteiger charge is -2.25. The summed E-state index contributed by atoms with van der Waals surface area (Å²) in [6, 6.07) is 4.38. The number of hydrogen-bond acceptors (Lipinski definition) is 4. The third-order valence-electron chi connectivity index (χ3n) is 3.13. The van der Waals surface area contributed by atoms with E-state index in [-0.39, 0.29) is 5.84 Å². The van der Waals surface area contributed by atoms with Crippen LogP contribution < -0.4 is 11.1 Å². The number of hydrogen-bond donors (Lipinski definition) is 4. The van der Waals surface area contributed by atoms with E-state index in [0.717, 1.165) is 0 Å². The van der Waals surface area contributed by atoms with Crippen LogP contribution in [0.25, 0.3) is 0 Å². The Balaban J connectivity index is 2.61. The predicted octanol–water partition coefficient (Wildman–Crippen LogP) is 1.81. The summed E-state index contributed by atoms with van der Waals surface area (Å²) < 4.78 is 13.9. The molecule has 1 aromatic rings. The Morgan fingerprint density at radius 2 is 2.14 bits per heavy atom. The van der Waals surface area contributed by atoms with Gasteiger partial charge in [0.25, 0.3) is 0 Å². The fourth-order valence-corrected chi connectivity index (χ4v) is 2.33. The van der Waals surface area contributed by atoms with Gasteiger partial charge in [0.1, 0.15) is 5.82 Å². The largest absolute Gasteiger partial charge is 0.409 e. The SMILES string of the molecule is CC(C)CC(C)(O)CNCc1ccc(C(N)=NO)cc1F. The average Bonchev–Trinajstić information content (AvgIpc) is 2.38. The van der Waals surface area contributed by atoms with Crippen molar-refractivity contribution in [3.63, 3.8) is 0 Å². The second-order valence-electron chi connectivity index (χ2n) is 5.99. The first kappa shape index (κ1) is 17.4. The minimum absolute atomic E-state index is 0.131. The predicted molar refractivity (Wildman–Crippen MR) is 80.7 cm³/mol. The van der Waals surface area contributed by atoms with E-state index in [0.29, 0.717) is 36.6 Å². The second kappa shape index (κ2) is 7.38. The smallest absolute Gasteiger partial charge is 0.170 e. The first-order valence-corrected chi connectivity index (χ1v) is 6.94. The summed E-state index contributed by atoms with van der Waals surface area (Å²) in [5.74, 6) is -0.179. The van der Waals surface area contributed by atoms with Crippen LogP contribution in [-0.2, 0) is 6.54 Å². The Morgan fingerprint density at radius 3 is 2.67 bits per heavy atom.